The summed E-state index contributed by atoms with van der Waals surface area (Å²) in [5, 5.41) is 7.43. The van der Waals surface area contributed by atoms with Crippen LogP contribution in [0.4, 0.5) is 10.7 Å². The third-order valence-corrected chi connectivity index (χ3v) is 2.61. The first kappa shape index (κ1) is 18.3. The van der Waals surface area contributed by atoms with Gasteiger partial charge in [0.2, 0.25) is 5.95 Å². The number of hydrogen-bond donors (Lipinski definition) is 3. The van der Waals surface area contributed by atoms with Gasteiger partial charge in [0.25, 0.3) is 5.91 Å². The Morgan fingerprint density at radius 2 is 1.91 bits per heavy atom. The molecule has 0 aromatic carbocycles. The van der Waals surface area contributed by atoms with Crippen LogP contribution in [0.15, 0.2) is 18.5 Å². The Morgan fingerprint density at radius 3 is 2.61 bits per heavy atom. The standard InChI is InChI=1S/C14H21N5O4/c1-2-3-6-18-14(22)19-11(20)10-23-12(21)5-9-17-13-15-7-4-8-16-13/h4,7-8H,2-3,5-6,9-10H2,1H3,(H,15,16,17)(H2,18,19,20,22). The van der Waals surface area contributed by atoms with Crippen LogP contribution in [0.25, 0.3) is 0 Å². The number of unbranched alkanes of at least 4 members (excludes halogenated alkanes) is 1. The first-order valence-electron chi connectivity index (χ1n) is 7.36. The van der Waals surface area contributed by atoms with Crippen LogP contribution in [-0.2, 0) is 14.3 Å². The smallest absolute Gasteiger partial charge is 0.321 e. The number of anilines is 1. The van der Waals surface area contributed by atoms with Crippen molar-refractivity contribution in [2.24, 2.45) is 0 Å². The zero-order chi connectivity index (χ0) is 16.9. The number of carbonyl (C=O) groups is 3. The summed E-state index contributed by atoms with van der Waals surface area (Å²) in [6.07, 6.45) is 4.96. The maximum Gasteiger partial charge on any atom is 0.321 e. The minimum Gasteiger partial charge on any atom is -0.456 e. The second kappa shape index (κ2) is 10.9. The van der Waals surface area contributed by atoms with Gasteiger partial charge in [0.05, 0.1) is 6.42 Å². The van der Waals surface area contributed by atoms with Gasteiger partial charge in [0, 0.05) is 25.5 Å². The molecule has 0 aliphatic rings. The summed E-state index contributed by atoms with van der Waals surface area (Å²) in [5.41, 5.74) is 0. The fraction of sp³-hybridized carbons (Fsp3) is 0.500. The van der Waals surface area contributed by atoms with Crippen molar-refractivity contribution in [2.75, 3.05) is 25.0 Å². The zero-order valence-corrected chi connectivity index (χ0v) is 13.0. The van der Waals surface area contributed by atoms with Gasteiger partial charge in [-0.15, -0.1) is 0 Å². The third kappa shape index (κ3) is 9.02. The average Bonchev–Trinajstić information content (AvgIpc) is 2.54. The lowest BCUT2D eigenvalue weighted by Gasteiger charge is -2.07. The van der Waals surface area contributed by atoms with Gasteiger partial charge in [0.15, 0.2) is 6.61 Å². The second-order valence-electron chi connectivity index (χ2n) is 4.57. The lowest BCUT2D eigenvalue weighted by Crippen LogP contribution is -2.41. The van der Waals surface area contributed by atoms with Crippen molar-refractivity contribution in [3.8, 4) is 0 Å². The molecular formula is C14H21N5O4. The zero-order valence-electron chi connectivity index (χ0n) is 13.0. The van der Waals surface area contributed by atoms with Crippen LogP contribution in [0.2, 0.25) is 0 Å². The molecule has 1 heterocycles. The summed E-state index contributed by atoms with van der Waals surface area (Å²) in [5.74, 6) is -0.830. The molecule has 0 bridgehead atoms. The van der Waals surface area contributed by atoms with Crippen LogP contribution in [-0.4, -0.2) is 47.6 Å². The number of aromatic nitrogens is 2. The Kier molecular flexibility index (Phi) is 8.72. The monoisotopic (exact) mass is 323 g/mol. The molecule has 3 amide bonds. The van der Waals surface area contributed by atoms with E-state index in [1.54, 1.807) is 18.5 Å². The maximum atomic E-state index is 11.5. The summed E-state index contributed by atoms with van der Waals surface area (Å²) in [6.45, 7) is 2.26. The van der Waals surface area contributed by atoms with Gasteiger partial charge in [0.1, 0.15) is 0 Å². The highest BCUT2D eigenvalue weighted by Gasteiger charge is 2.10. The van der Waals surface area contributed by atoms with Crippen molar-refractivity contribution in [1.29, 1.82) is 0 Å². The first-order valence-corrected chi connectivity index (χ1v) is 7.36. The highest BCUT2D eigenvalue weighted by molar-refractivity contribution is 5.95. The van der Waals surface area contributed by atoms with Crippen molar-refractivity contribution >= 4 is 23.9 Å². The molecule has 23 heavy (non-hydrogen) atoms. The first-order chi connectivity index (χ1) is 11.1. The molecule has 9 nitrogen and oxygen atoms in total. The minimum absolute atomic E-state index is 0.0498. The van der Waals surface area contributed by atoms with Gasteiger partial charge in [-0.3, -0.25) is 14.9 Å². The highest BCUT2D eigenvalue weighted by atomic mass is 16.5. The van der Waals surface area contributed by atoms with E-state index < -0.39 is 24.5 Å². The number of amides is 3. The number of carbonyl (C=O) groups excluding carboxylic acids is 3. The molecule has 0 atom stereocenters. The Hall–Kier alpha value is -2.71. The SMILES string of the molecule is CCCCNC(=O)NC(=O)COC(=O)CCNc1ncccn1. The topological polar surface area (TPSA) is 122 Å². The van der Waals surface area contributed by atoms with Crippen LogP contribution in [0, 0.1) is 0 Å². The van der Waals surface area contributed by atoms with E-state index in [4.69, 9.17) is 4.74 Å². The normalized spacial score (nSPS) is 9.78. The number of nitrogens with zero attached hydrogens (tertiary/aromatic N) is 2. The summed E-state index contributed by atoms with van der Waals surface area (Å²) < 4.78 is 4.76. The lowest BCUT2D eigenvalue weighted by molar-refractivity contribution is -0.148. The van der Waals surface area contributed by atoms with E-state index in [0.29, 0.717) is 12.5 Å². The van der Waals surface area contributed by atoms with Gasteiger partial charge in [-0.1, -0.05) is 13.3 Å². The predicted octanol–water partition coefficient (Wildman–Crippen LogP) is 0.448. The number of ether oxygens (including phenoxy) is 1. The van der Waals surface area contributed by atoms with Crippen molar-refractivity contribution in [1.82, 2.24) is 20.6 Å². The van der Waals surface area contributed by atoms with E-state index in [1.165, 1.54) is 0 Å². The van der Waals surface area contributed by atoms with Gasteiger partial charge in [-0.25, -0.2) is 14.8 Å². The number of esters is 1. The molecule has 3 N–H and O–H groups in total. The van der Waals surface area contributed by atoms with E-state index in [2.05, 4.69) is 25.9 Å². The van der Waals surface area contributed by atoms with Crippen LogP contribution < -0.4 is 16.0 Å². The lowest BCUT2D eigenvalue weighted by atomic mass is 10.3. The molecule has 0 aliphatic carbocycles. The molecule has 0 saturated carbocycles. The number of nitrogens with one attached hydrogen (secondary N) is 3. The van der Waals surface area contributed by atoms with E-state index >= 15 is 0 Å². The highest BCUT2D eigenvalue weighted by Crippen LogP contribution is 1.95. The molecule has 0 radical (unpaired) electrons. The van der Waals surface area contributed by atoms with Gasteiger partial charge >= 0.3 is 12.0 Å². The Balaban J connectivity index is 2.10. The van der Waals surface area contributed by atoms with Gasteiger partial charge in [-0.05, 0) is 12.5 Å². The van der Waals surface area contributed by atoms with Crippen LogP contribution in [0.1, 0.15) is 26.2 Å². The average molecular weight is 323 g/mol. The summed E-state index contributed by atoms with van der Waals surface area (Å²) in [7, 11) is 0. The molecule has 0 aliphatic heterocycles. The Labute approximate surface area is 134 Å². The molecular weight excluding hydrogens is 302 g/mol. The van der Waals surface area contributed by atoms with E-state index in [0.717, 1.165) is 12.8 Å². The van der Waals surface area contributed by atoms with Crippen LogP contribution in [0.3, 0.4) is 0 Å². The maximum absolute atomic E-state index is 11.5. The van der Waals surface area contributed by atoms with Crippen molar-refractivity contribution < 1.29 is 19.1 Å². The number of rotatable bonds is 9. The van der Waals surface area contributed by atoms with Crippen molar-refractivity contribution in [3.05, 3.63) is 18.5 Å². The third-order valence-electron chi connectivity index (χ3n) is 2.61. The molecule has 0 fully saturated rings. The largest absolute Gasteiger partial charge is 0.456 e. The number of urea groups is 1. The predicted molar refractivity (Wildman–Crippen MR) is 82.5 cm³/mol. The molecule has 126 valence electrons. The summed E-state index contributed by atoms with van der Waals surface area (Å²) in [4.78, 5) is 42.0. The Bertz CT molecular complexity index is 509. The fourth-order valence-electron chi connectivity index (χ4n) is 1.47. The molecule has 1 aromatic rings. The van der Waals surface area contributed by atoms with E-state index in [9.17, 15) is 14.4 Å². The minimum atomic E-state index is -0.674. The number of imide groups is 1. The molecule has 9 heteroatoms. The fourth-order valence-corrected chi connectivity index (χ4v) is 1.47. The second-order valence-corrected chi connectivity index (χ2v) is 4.57. The quantitative estimate of drug-likeness (QED) is 0.445. The Morgan fingerprint density at radius 1 is 1.17 bits per heavy atom. The molecule has 0 spiro atoms. The molecule has 0 saturated heterocycles. The van der Waals surface area contributed by atoms with E-state index in [-0.39, 0.29) is 13.0 Å². The van der Waals surface area contributed by atoms with Crippen molar-refractivity contribution in [3.63, 3.8) is 0 Å². The molecule has 0 unspecified atom stereocenters. The van der Waals surface area contributed by atoms with Crippen LogP contribution >= 0.6 is 0 Å². The molecule has 1 rings (SSSR count). The van der Waals surface area contributed by atoms with Gasteiger partial charge in [-0.2, -0.15) is 0 Å². The van der Waals surface area contributed by atoms with Crippen molar-refractivity contribution in [2.45, 2.75) is 26.2 Å². The molecule has 1 aromatic heterocycles. The summed E-state index contributed by atoms with van der Waals surface area (Å²) >= 11 is 0. The summed E-state index contributed by atoms with van der Waals surface area (Å²) in [6, 6.07) is 1.08. The van der Waals surface area contributed by atoms with Crippen LogP contribution in [0.5, 0.6) is 0 Å². The number of hydrogen-bond acceptors (Lipinski definition) is 7. The van der Waals surface area contributed by atoms with E-state index in [1.807, 2.05) is 6.92 Å². The van der Waals surface area contributed by atoms with Gasteiger partial charge < -0.3 is 15.4 Å².